The summed E-state index contributed by atoms with van der Waals surface area (Å²) in [6.45, 7) is 10.9. The molecular weight excluding hydrogens is 256 g/mol. The van der Waals surface area contributed by atoms with Crippen LogP contribution >= 0.6 is 0 Å². The van der Waals surface area contributed by atoms with Crippen LogP contribution in [0, 0.1) is 22.7 Å². The molecule has 1 saturated carbocycles. The average Bonchev–Trinajstić information content (AvgIpc) is 2.69. The normalized spacial score (nSPS) is 27.4. The minimum atomic E-state index is -0.779. The van der Waals surface area contributed by atoms with Crippen LogP contribution in [0.4, 0.5) is 4.79 Å². The van der Waals surface area contributed by atoms with E-state index in [1.54, 1.807) is 4.90 Å². The van der Waals surface area contributed by atoms with E-state index in [0.717, 1.165) is 6.42 Å². The third kappa shape index (κ3) is 2.63. The van der Waals surface area contributed by atoms with Gasteiger partial charge in [0.1, 0.15) is 0 Å². The summed E-state index contributed by atoms with van der Waals surface area (Å²) in [5, 5.41) is 11.8. The number of aliphatic carboxylic acids is 1. The Labute approximate surface area is 120 Å². The minimum Gasteiger partial charge on any atom is -0.481 e. The summed E-state index contributed by atoms with van der Waals surface area (Å²) in [4.78, 5) is 24.5. The van der Waals surface area contributed by atoms with Crippen LogP contribution in [-0.4, -0.2) is 41.6 Å². The lowest BCUT2D eigenvalue weighted by Crippen LogP contribution is -2.40. The number of rotatable bonds is 4. The Kier molecular flexibility index (Phi) is 3.73. The van der Waals surface area contributed by atoms with Crippen molar-refractivity contribution < 1.29 is 14.7 Å². The molecule has 1 aliphatic heterocycles. The smallest absolute Gasteiger partial charge is 0.317 e. The van der Waals surface area contributed by atoms with Crippen LogP contribution in [0.5, 0.6) is 0 Å². The summed E-state index contributed by atoms with van der Waals surface area (Å²) < 4.78 is 0. The molecule has 5 nitrogen and oxygen atoms in total. The van der Waals surface area contributed by atoms with E-state index in [9.17, 15) is 9.59 Å². The van der Waals surface area contributed by atoms with Gasteiger partial charge in [-0.3, -0.25) is 4.79 Å². The van der Waals surface area contributed by atoms with Crippen molar-refractivity contribution in [1.82, 2.24) is 10.2 Å². The zero-order valence-corrected chi connectivity index (χ0v) is 12.9. The first-order valence-electron chi connectivity index (χ1n) is 7.41. The molecule has 0 aromatic heterocycles. The molecular formula is C15H26N2O3. The quantitative estimate of drug-likeness (QED) is 0.830. The second kappa shape index (κ2) is 4.93. The van der Waals surface area contributed by atoms with Gasteiger partial charge in [0.2, 0.25) is 0 Å². The van der Waals surface area contributed by atoms with E-state index in [4.69, 9.17) is 5.11 Å². The zero-order chi connectivity index (χ0) is 15.1. The first-order valence-corrected chi connectivity index (χ1v) is 7.41. The van der Waals surface area contributed by atoms with Crippen LogP contribution in [0.15, 0.2) is 0 Å². The number of carbonyl (C=O) groups is 2. The van der Waals surface area contributed by atoms with Crippen LogP contribution in [0.2, 0.25) is 0 Å². The van der Waals surface area contributed by atoms with Crippen LogP contribution < -0.4 is 5.32 Å². The number of carboxylic acids is 1. The highest BCUT2D eigenvalue weighted by Gasteiger charge is 2.64. The van der Waals surface area contributed by atoms with E-state index in [1.807, 2.05) is 0 Å². The number of likely N-dealkylation sites (tertiary alicyclic amines) is 1. The molecule has 0 radical (unpaired) electrons. The fraction of sp³-hybridized carbons (Fsp3) is 0.867. The Morgan fingerprint density at radius 1 is 1.25 bits per heavy atom. The van der Waals surface area contributed by atoms with E-state index >= 15 is 0 Å². The highest BCUT2D eigenvalue weighted by molar-refractivity contribution is 5.75. The highest BCUT2D eigenvalue weighted by atomic mass is 16.4. The van der Waals surface area contributed by atoms with E-state index in [-0.39, 0.29) is 29.2 Å². The monoisotopic (exact) mass is 282 g/mol. The van der Waals surface area contributed by atoms with Crippen molar-refractivity contribution in [3.05, 3.63) is 0 Å². The molecule has 20 heavy (non-hydrogen) atoms. The molecule has 1 saturated heterocycles. The number of hydrogen-bond donors (Lipinski definition) is 2. The first kappa shape index (κ1) is 15.1. The number of nitrogens with zero attached hydrogens (tertiary/aromatic N) is 1. The molecule has 2 N–H and O–H groups in total. The van der Waals surface area contributed by atoms with Crippen molar-refractivity contribution in [2.45, 2.75) is 40.5 Å². The van der Waals surface area contributed by atoms with Crippen LogP contribution in [0.25, 0.3) is 0 Å². The predicted molar refractivity (Wildman–Crippen MR) is 76.4 cm³/mol. The molecule has 2 amide bonds. The summed E-state index contributed by atoms with van der Waals surface area (Å²) in [6, 6.07) is -0.0450. The van der Waals surface area contributed by atoms with Crippen molar-refractivity contribution in [2.24, 2.45) is 22.7 Å². The minimum absolute atomic E-state index is 0.0450. The highest BCUT2D eigenvalue weighted by Crippen LogP contribution is 2.67. The first-order chi connectivity index (χ1) is 9.16. The van der Waals surface area contributed by atoms with Gasteiger partial charge in [-0.15, -0.1) is 0 Å². The summed E-state index contributed by atoms with van der Waals surface area (Å²) >= 11 is 0. The number of carboxylic acid groups (broad SMARTS) is 1. The number of amides is 2. The van der Waals surface area contributed by atoms with Gasteiger partial charge in [-0.1, -0.05) is 27.7 Å². The summed E-state index contributed by atoms with van der Waals surface area (Å²) in [5.74, 6) is -0.165. The number of hydrogen-bond acceptors (Lipinski definition) is 2. The third-order valence-corrected chi connectivity index (χ3v) is 5.81. The van der Waals surface area contributed by atoms with E-state index in [2.05, 4.69) is 33.0 Å². The molecule has 2 aliphatic rings. The van der Waals surface area contributed by atoms with Crippen molar-refractivity contribution in [3.63, 3.8) is 0 Å². The van der Waals surface area contributed by atoms with Gasteiger partial charge in [0.15, 0.2) is 0 Å². The van der Waals surface area contributed by atoms with Gasteiger partial charge in [-0.25, -0.2) is 4.79 Å². The van der Waals surface area contributed by atoms with Crippen LogP contribution in [-0.2, 0) is 4.79 Å². The van der Waals surface area contributed by atoms with Crippen LogP contribution in [0.3, 0.4) is 0 Å². The van der Waals surface area contributed by atoms with Crippen molar-refractivity contribution in [2.75, 3.05) is 19.6 Å². The molecule has 1 aliphatic carbocycles. The Bertz CT molecular complexity index is 403. The molecule has 0 spiro atoms. The molecule has 0 aromatic rings. The Balaban J connectivity index is 1.76. The SMILES string of the molecule is CC1(C)C(CNC(=O)N2CCC(CC(=O)O)C2)C1(C)C. The number of carbonyl (C=O) groups excluding carboxylic acids is 1. The largest absolute Gasteiger partial charge is 0.481 e. The standard InChI is InChI=1S/C15H26N2O3/c1-14(2)11(15(14,3)4)8-16-13(20)17-6-5-10(9-17)7-12(18)19/h10-11H,5-9H2,1-4H3,(H,16,20)(H,18,19). The lowest BCUT2D eigenvalue weighted by Gasteiger charge is -2.17. The average molecular weight is 282 g/mol. The van der Waals surface area contributed by atoms with E-state index < -0.39 is 5.97 Å². The maximum absolute atomic E-state index is 12.1. The van der Waals surface area contributed by atoms with Gasteiger partial charge in [0.25, 0.3) is 0 Å². The second-order valence-corrected chi connectivity index (χ2v) is 7.38. The molecule has 2 fully saturated rings. The Hall–Kier alpha value is -1.26. The summed E-state index contributed by atoms with van der Waals surface area (Å²) in [6.07, 6.45) is 0.951. The molecule has 1 heterocycles. The van der Waals surface area contributed by atoms with Crippen molar-refractivity contribution in [1.29, 1.82) is 0 Å². The lowest BCUT2D eigenvalue weighted by atomic mass is 10.0. The fourth-order valence-electron chi connectivity index (χ4n) is 3.58. The predicted octanol–water partition coefficient (Wildman–Crippen LogP) is 2.17. The topological polar surface area (TPSA) is 69.6 Å². The summed E-state index contributed by atoms with van der Waals surface area (Å²) in [5.41, 5.74) is 0.550. The lowest BCUT2D eigenvalue weighted by molar-refractivity contribution is -0.138. The van der Waals surface area contributed by atoms with Gasteiger partial charge < -0.3 is 15.3 Å². The number of nitrogens with one attached hydrogen (secondary N) is 1. The molecule has 0 aromatic carbocycles. The van der Waals surface area contributed by atoms with Gasteiger partial charge in [0.05, 0.1) is 0 Å². The summed E-state index contributed by atoms with van der Waals surface area (Å²) in [7, 11) is 0. The van der Waals surface area contributed by atoms with Gasteiger partial charge >= 0.3 is 12.0 Å². The van der Waals surface area contributed by atoms with Gasteiger partial charge in [0, 0.05) is 26.1 Å². The van der Waals surface area contributed by atoms with Gasteiger partial charge in [-0.05, 0) is 29.1 Å². The molecule has 2 rings (SSSR count). The Morgan fingerprint density at radius 2 is 1.85 bits per heavy atom. The van der Waals surface area contributed by atoms with E-state index in [0.29, 0.717) is 25.6 Å². The molecule has 1 unspecified atom stereocenters. The molecule has 5 heteroatoms. The number of urea groups is 1. The van der Waals surface area contributed by atoms with Crippen molar-refractivity contribution >= 4 is 12.0 Å². The molecule has 0 bridgehead atoms. The third-order valence-electron chi connectivity index (χ3n) is 5.81. The molecule has 1 atom stereocenters. The second-order valence-electron chi connectivity index (χ2n) is 7.38. The zero-order valence-electron chi connectivity index (χ0n) is 12.9. The fourth-order valence-corrected chi connectivity index (χ4v) is 3.58. The van der Waals surface area contributed by atoms with Crippen molar-refractivity contribution in [3.8, 4) is 0 Å². The maximum Gasteiger partial charge on any atom is 0.317 e. The van der Waals surface area contributed by atoms with E-state index in [1.165, 1.54) is 0 Å². The maximum atomic E-state index is 12.1. The van der Waals surface area contributed by atoms with Crippen LogP contribution in [0.1, 0.15) is 40.5 Å². The molecule has 114 valence electrons. The van der Waals surface area contributed by atoms with Gasteiger partial charge in [-0.2, -0.15) is 0 Å². The Morgan fingerprint density at radius 3 is 2.35 bits per heavy atom.